The van der Waals surface area contributed by atoms with Crippen molar-refractivity contribution in [2.45, 2.75) is 62.5 Å². The molecule has 1 saturated heterocycles. The second-order valence-corrected chi connectivity index (χ2v) is 8.10. The van der Waals surface area contributed by atoms with Crippen LogP contribution in [0.3, 0.4) is 0 Å². The van der Waals surface area contributed by atoms with Crippen molar-refractivity contribution in [1.29, 1.82) is 0 Å². The third kappa shape index (κ3) is 3.80. The number of aliphatic hydroxyl groups excluding tert-OH is 1. The Hall–Kier alpha value is -1.44. The Morgan fingerprint density at radius 3 is 2.62 bits per heavy atom. The Kier molecular flexibility index (Phi) is 5.29. The molecule has 4 N–H and O–H groups in total. The predicted octanol–water partition coefficient (Wildman–Crippen LogP) is 1.74. The smallest absolute Gasteiger partial charge is 0.222 e. The van der Waals surface area contributed by atoms with Crippen molar-refractivity contribution in [3.8, 4) is 0 Å². The van der Waals surface area contributed by atoms with Crippen molar-refractivity contribution in [2.75, 3.05) is 43.9 Å². The molecule has 1 aliphatic heterocycles. The van der Waals surface area contributed by atoms with Crippen LogP contribution in [0, 0.1) is 0 Å². The van der Waals surface area contributed by atoms with E-state index in [1.807, 2.05) is 6.07 Å². The Morgan fingerprint density at radius 2 is 1.92 bits per heavy atom. The molecule has 2 saturated carbocycles. The zero-order chi connectivity index (χ0) is 18.0. The lowest BCUT2D eigenvalue weighted by atomic mass is 9.79. The summed E-state index contributed by atoms with van der Waals surface area (Å²) in [5, 5.41) is 13.1. The average molecular weight is 361 g/mol. The highest BCUT2D eigenvalue weighted by atomic mass is 16.5. The van der Waals surface area contributed by atoms with Gasteiger partial charge in [0.05, 0.1) is 25.0 Å². The van der Waals surface area contributed by atoms with Crippen molar-refractivity contribution in [2.24, 2.45) is 0 Å². The van der Waals surface area contributed by atoms with Crippen LogP contribution < -0.4 is 11.1 Å². The molecule has 0 radical (unpaired) electrons. The molecule has 0 amide bonds. The van der Waals surface area contributed by atoms with Gasteiger partial charge in [-0.3, -0.25) is 4.90 Å². The van der Waals surface area contributed by atoms with Gasteiger partial charge in [0.15, 0.2) is 0 Å². The summed E-state index contributed by atoms with van der Waals surface area (Å²) in [5.74, 6) is 1.43. The second kappa shape index (κ2) is 7.66. The molecular formula is C19H31N5O2. The number of aromatic nitrogens is 2. The van der Waals surface area contributed by atoms with Crippen LogP contribution in [0.5, 0.6) is 0 Å². The van der Waals surface area contributed by atoms with Crippen molar-refractivity contribution >= 4 is 11.8 Å². The predicted molar refractivity (Wildman–Crippen MR) is 101 cm³/mol. The van der Waals surface area contributed by atoms with Crippen LogP contribution in [0.4, 0.5) is 11.8 Å². The van der Waals surface area contributed by atoms with E-state index in [-0.39, 0.29) is 11.6 Å². The van der Waals surface area contributed by atoms with Crippen molar-refractivity contribution in [1.82, 2.24) is 14.9 Å². The number of aliphatic hydroxyl groups is 1. The summed E-state index contributed by atoms with van der Waals surface area (Å²) in [7, 11) is 0. The summed E-state index contributed by atoms with van der Waals surface area (Å²) in [4.78, 5) is 11.4. The number of nitrogen functional groups attached to an aromatic ring is 1. The number of anilines is 2. The standard InChI is InChI=1S/C19H31N5O2/c20-18-22-16(14-10-15(25)11-14)12-17(23-18)21-13-19(4-2-1-3-5-19)24-6-8-26-9-7-24/h12,14-15,25H,1-11,13H2,(H3,20,21,22,23). The van der Waals surface area contributed by atoms with Crippen LogP contribution in [-0.4, -0.2) is 64.5 Å². The summed E-state index contributed by atoms with van der Waals surface area (Å²) in [6, 6.07) is 2.02. The number of rotatable bonds is 5. The topological polar surface area (TPSA) is 96.5 Å². The molecule has 0 spiro atoms. The molecule has 7 heteroatoms. The Morgan fingerprint density at radius 1 is 1.19 bits per heavy atom. The number of nitrogens with one attached hydrogen (secondary N) is 1. The van der Waals surface area contributed by atoms with Gasteiger partial charge in [-0.2, -0.15) is 4.98 Å². The van der Waals surface area contributed by atoms with Crippen LogP contribution in [0.15, 0.2) is 6.07 Å². The van der Waals surface area contributed by atoms with E-state index in [2.05, 4.69) is 20.2 Å². The van der Waals surface area contributed by atoms with Crippen LogP contribution in [-0.2, 0) is 4.74 Å². The lowest BCUT2D eigenvalue weighted by Crippen LogP contribution is -2.58. The van der Waals surface area contributed by atoms with Crippen molar-refractivity contribution in [3.63, 3.8) is 0 Å². The first-order valence-electron chi connectivity index (χ1n) is 10.0. The molecule has 3 fully saturated rings. The Balaban J connectivity index is 1.47. The molecule has 2 aliphatic carbocycles. The van der Waals surface area contributed by atoms with E-state index in [9.17, 15) is 5.11 Å². The summed E-state index contributed by atoms with van der Waals surface area (Å²) in [5.41, 5.74) is 7.09. The lowest BCUT2D eigenvalue weighted by molar-refractivity contribution is -0.0318. The summed E-state index contributed by atoms with van der Waals surface area (Å²) in [6.07, 6.45) is 7.71. The van der Waals surface area contributed by atoms with Crippen molar-refractivity contribution < 1.29 is 9.84 Å². The molecule has 1 aromatic heterocycles. The number of hydrogen-bond acceptors (Lipinski definition) is 7. The third-order valence-corrected chi connectivity index (χ3v) is 6.36. The van der Waals surface area contributed by atoms with E-state index in [0.29, 0.717) is 11.9 Å². The summed E-state index contributed by atoms with van der Waals surface area (Å²) in [6.45, 7) is 4.57. The number of ether oxygens (including phenoxy) is 1. The van der Waals surface area contributed by atoms with Gasteiger partial charge in [0.1, 0.15) is 5.82 Å². The maximum atomic E-state index is 9.56. The first-order chi connectivity index (χ1) is 12.6. The molecule has 1 aromatic rings. The van der Waals surface area contributed by atoms with E-state index < -0.39 is 0 Å². The maximum Gasteiger partial charge on any atom is 0.222 e. The maximum absolute atomic E-state index is 9.56. The first-order valence-corrected chi connectivity index (χ1v) is 10.0. The molecule has 4 rings (SSSR count). The first kappa shape index (κ1) is 17.9. The third-order valence-electron chi connectivity index (χ3n) is 6.36. The minimum absolute atomic E-state index is 0.189. The SMILES string of the molecule is Nc1nc(NCC2(N3CCOCC3)CCCCC2)cc(C2CC(O)C2)n1. The zero-order valence-electron chi connectivity index (χ0n) is 15.5. The van der Waals surface area contributed by atoms with Gasteiger partial charge in [-0.15, -0.1) is 0 Å². The molecule has 0 aromatic carbocycles. The Labute approximate surface area is 155 Å². The molecule has 0 atom stereocenters. The van der Waals surface area contributed by atoms with E-state index in [1.54, 1.807) is 0 Å². The lowest BCUT2D eigenvalue weighted by Gasteiger charge is -2.48. The van der Waals surface area contributed by atoms with E-state index in [0.717, 1.165) is 57.2 Å². The van der Waals surface area contributed by atoms with Gasteiger partial charge in [0, 0.05) is 37.2 Å². The van der Waals surface area contributed by atoms with Gasteiger partial charge in [-0.05, 0) is 25.7 Å². The minimum Gasteiger partial charge on any atom is -0.393 e. The minimum atomic E-state index is -0.195. The zero-order valence-corrected chi connectivity index (χ0v) is 15.5. The molecule has 2 heterocycles. The van der Waals surface area contributed by atoms with Gasteiger partial charge in [0.2, 0.25) is 5.95 Å². The highest BCUT2D eigenvalue weighted by Gasteiger charge is 2.38. The number of hydrogen-bond donors (Lipinski definition) is 3. The molecular weight excluding hydrogens is 330 g/mol. The molecule has 0 bridgehead atoms. The van der Waals surface area contributed by atoms with Crippen LogP contribution in [0.2, 0.25) is 0 Å². The average Bonchev–Trinajstić information content (AvgIpc) is 2.65. The van der Waals surface area contributed by atoms with E-state index in [4.69, 9.17) is 10.5 Å². The monoisotopic (exact) mass is 361 g/mol. The quantitative estimate of drug-likeness (QED) is 0.735. The second-order valence-electron chi connectivity index (χ2n) is 8.10. The van der Waals surface area contributed by atoms with Crippen LogP contribution in [0.25, 0.3) is 0 Å². The fourth-order valence-corrected chi connectivity index (χ4v) is 4.72. The highest BCUT2D eigenvalue weighted by Crippen LogP contribution is 2.37. The van der Waals surface area contributed by atoms with Crippen LogP contribution >= 0.6 is 0 Å². The van der Waals surface area contributed by atoms with Gasteiger partial charge < -0.3 is 20.9 Å². The number of nitrogens with two attached hydrogens (primary N) is 1. The van der Waals surface area contributed by atoms with Gasteiger partial charge in [-0.25, -0.2) is 4.98 Å². The van der Waals surface area contributed by atoms with Crippen molar-refractivity contribution in [3.05, 3.63) is 11.8 Å². The van der Waals surface area contributed by atoms with Gasteiger partial charge in [-0.1, -0.05) is 19.3 Å². The number of morpholine rings is 1. The fourth-order valence-electron chi connectivity index (χ4n) is 4.72. The van der Waals surface area contributed by atoms with Crippen LogP contribution in [0.1, 0.15) is 56.6 Å². The normalized spacial score (nSPS) is 29.1. The molecule has 144 valence electrons. The van der Waals surface area contributed by atoms with Gasteiger partial charge >= 0.3 is 0 Å². The largest absolute Gasteiger partial charge is 0.393 e. The van der Waals surface area contributed by atoms with Gasteiger partial charge in [0.25, 0.3) is 0 Å². The fraction of sp³-hybridized carbons (Fsp3) is 0.789. The molecule has 26 heavy (non-hydrogen) atoms. The van der Waals surface area contributed by atoms with E-state index in [1.165, 1.54) is 32.1 Å². The summed E-state index contributed by atoms with van der Waals surface area (Å²) < 4.78 is 5.56. The number of nitrogens with zero attached hydrogens (tertiary/aromatic N) is 3. The Bertz CT molecular complexity index is 608. The van der Waals surface area contributed by atoms with E-state index >= 15 is 0 Å². The molecule has 0 unspecified atom stereocenters. The molecule has 3 aliphatic rings. The molecule has 7 nitrogen and oxygen atoms in total. The summed E-state index contributed by atoms with van der Waals surface area (Å²) >= 11 is 0. The highest BCUT2D eigenvalue weighted by molar-refractivity contribution is 5.42.